The molecule has 0 spiro atoms. The summed E-state index contributed by atoms with van der Waals surface area (Å²) >= 11 is 1.87. The van der Waals surface area contributed by atoms with Crippen LogP contribution in [-0.4, -0.2) is 0 Å². The fraction of sp³-hybridized carbons (Fsp3) is 0. The van der Waals surface area contributed by atoms with E-state index in [-0.39, 0.29) is 0 Å². The maximum Gasteiger partial charge on any atom is 0.137 e. The van der Waals surface area contributed by atoms with Gasteiger partial charge in [0.2, 0.25) is 0 Å². The lowest BCUT2D eigenvalue weighted by molar-refractivity contribution is 0.669. The van der Waals surface area contributed by atoms with Crippen molar-refractivity contribution in [3.63, 3.8) is 0 Å². The Morgan fingerprint density at radius 3 is 1.54 bits per heavy atom. The third-order valence-corrected chi connectivity index (χ3v) is 14.5. The van der Waals surface area contributed by atoms with E-state index < -0.39 is 0 Å². The van der Waals surface area contributed by atoms with Gasteiger partial charge < -0.3 is 9.32 Å². The number of fused-ring (bicyclic) bond motifs is 7. The van der Waals surface area contributed by atoms with Crippen LogP contribution < -0.4 is 4.90 Å². The first-order chi connectivity index (χ1) is 33.2. The summed E-state index contributed by atoms with van der Waals surface area (Å²) in [5.41, 5.74) is 16.9. The van der Waals surface area contributed by atoms with Crippen molar-refractivity contribution < 1.29 is 4.42 Å². The Bertz CT molecular complexity index is 3940. The van der Waals surface area contributed by atoms with Gasteiger partial charge in [-0.05, 0) is 115 Å². The molecule has 2 heterocycles. The molecule has 67 heavy (non-hydrogen) atoms. The van der Waals surface area contributed by atoms with Gasteiger partial charge in [0.05, 0.1) is 5.69 Å². The molecule has 13 aromatic rings. The van der Waals surface area contributed by atoms with E-state index in [2.05, 4.69) is 254 Å². The van der Waals surface area contributed by atoms with Crippen molar-refractivity contribution in [1.29, 1.82) is 0 Å². The Hall–Kier alpha value is -8.50. The van der Waals surface area contributed by atoms with Crippen LogP contribution in [0, 0.1) is 0 Å². The molecule has 0 bridgehead atoms. The molecule has 0 radical (unpaired) electrons. The van der Waals surface area contributed by atoms with Crippen LogP contribution in [0.4, 0.5) is 17.1 Å². The minimum atomic E-state index is 0.852. The van der Waals surface area contributed by atoms with Crippen LogP contribution in [0.3, 0.4) is 0 Å². The molecule has 13 rings (SSSR count). The van der Waals surface area contributed by atoms with Gasteiger partial charge in [0.1, 0.15) is 11.2 Å². The van der Waals surface area contributed by atoms with Gasteiger partial charge in [-0.2, -0.15) is 0 Å². The normalized spacial score (nSPS) is 11.6. The summed E-state index contributed by atoms with van der Waals surface area (Å²) < 4.78 is 9.28. The Morgan fingerprint density at radius 2 is 0.821 bits per heavy atom. The molecule has 3 heteroatoms. The summed E-state index contributed by atoms with van der Waals surface area (Å²) in [4.78, 5) is 2.42. The first-order valence-electron chi connectivity index (χ1n) is 22.8. The van der Waals surface area contributed by atoms with Crippen LogP contribution in [0.5, 0.6) is 0 Å². The lowest BCUT2D eigenvalue weighted by Crippen LogP contribution is -2.10. The highest BCUT2D eigenvalue weighted by atomic mass is 32.1. The van der Waals surface area contributed by atoms with Crippen LogP contribution in [0.1, 0.15) is 0 Å². The number of thiophene rings is 1. The summed E-state index contributed by atoms with van der Waals surface area (Å²) in [6.45, 7) is 0. The van der Waals surface area contributed by atoms with Gasteiger partial charge in [0, 0.05) is 48.4 Å². The topological polar surface area (TPSA) is 16.4 Å². The number of hydrogen-bond donors (Lipinski definition) is 0. The molecule has 11 aromatic carbocycles. The monoisotopic (exact) mass is 871 g/mol. The number of benzene rings is 11. The first-order valence-corrected chi connectivity index (χ1v) is 23.6. The number of furan rings is 1. The van der Waals surface area contributed by atoms with E-state index in [1.54, 1.807) is 0 Å². The van der Waals surface area contributed by atoms with Crippen molar-refractivity contribution in [3.8, 4) is 55.6 Å². The van der Waals surface area contributed by atoms with Crippen molar-refractivity contribution in [2.75, 3.05) is 4.90 Å². The van der Waals surface area contributed by atoms with Crippen molar-refractivity contribution in [1.82, 2.24) is 0 Å². The number of nitrogens with zero attached hydrogens (tertiary/aromatic N) is 1. The molecule has 0 N–H and O–H groups in total. The molecule has 0 saturated carbocycles. The van der Waals surface area contributed by atoms with E-state index in [1.807, 2.05) is 11.3 Å². The van der Waals surface area contributed by atoms with Crippen LogP contribution >= 0.6 is 11.3 Å². The molecule has 0 aliphatic heterocycles. The summed E-state index contributed by atoms with van der Waals surface area (Å²) in [5.74, 6) is 0. The molecule has 0 saturated heterocycles. The number of hydrogen-bond acceptors (Lipinski definition) is 3. The van der Waals surface area contributed by atoms with Crippen LogP contribution in [0.15, 0.2) is 253 Å². The summed E-state index contributed by atoms with van der Waals surface area (Å²) in [6.07, 6.45) is 0. The molecule has 0 unspecified atom stereocenters. The minimum absolute atomic E-state index is 0.852. The zero-order valence-electron chi connectivity index (χ0n) is 36.4. The van der Waals surface area contributed by atoms with E-state index in [0.29, 0.717) is 0 Å². The SMILES string of the molecule is c1ccc(-c2ccc3c(c2)oc2cc(N(c4ccc(-c5ccc(-c6cccc7ccccc67)cc5)cc4)c4ccc(-c5ccccc5)c5sc6cc(-c7ccccc7)ccc6c45)ccc23)cc1. The van der Waals surface area contributed by atoms with Crippen LogP contribution in [0.25, 0.3) is 109 Å². The smallest absolute Gasteiger partial charge is 0.137 e. The Morgan fingerprint density at radius 1 is 0.313 bits per heavy atom. The number of rotatable bonds is 8. The Balaban J connectivity index is 0.974. The minimum Gasteiger partial charge on any atom is -0.456 e. The van der Waals surface area contributed by atoms with E-state index >= 15 is 0 Å². The van der Waals surface area contributed by atoms with Gasteiger partial charge in [-0.15, -0.1) is 11.3 Å². The summed E-state index contributed by atoms with van der Waals surface area (Å²) in [7, 11) is 0. The highest BCUT2D eigenvalue weighted by Crippen LogP contribution is 2.50. The average Bonchev–Trinajstić information content (AvgIpc) is 3.98. The largest absolute Gasteiger partial charge is 0.456 e. The quantitative estimate of drug-likeness (QED) is 0.151. The van der Waals surface area contributed by atoms with Gasteiger partial charge in [-0.25, -0.2) is 0 Å². The van der Waals surface area contributed by atoms with Crippen molar-refractivity contribution >= 4 is 81.3 Å². The second kappa shape index (κ2) is 16.2. The molecule has 314 valence electrons. The fourth-order valence-electron chi connectivity index (χ4n) is 9.97. The van der Waals surface area contributed by atoms with E-state index in [0.717, 1.165) is 50.1 Å². The average molecular weight is 872 g/mol. The molecule has 0 fully saturated rings. The van der Waals surface area contributed by atoms with E-state index in [1.165, 1.54) is 75.5 Å². The predicted octanol–water partition coefficient (Wildman–Crippen LogP) is 18.9. The van der Waals surface area contributed by atoms with Gasteiger partial charge >= 0.3 is 0 Å². The molecule has 0 atom stereocenters. The zero-order valence-corrected chi connectivity index (χ0v) is 37.3. The van der Waals surface area contributed by atoms with E-state index in [9.17, 15) is 0 Å². The molecule has 2 aromatic heterocycles. The van der Waals surface area contributed by atoms with E-state index in [4.69, 9.17) is 4.42 Å². The van der Waals surface area contributed by atoms with Crippen LogP contribution in [-0.2, 0) is 0 Å². The number of anilines is 3. The first kappa shape index (κ1) is 38.9. The lowest BCUT2D eigenvalue weighted by Gasteiger charge is -2.27. The van der Waals surface area contributed by atoms with Crippen molar-refractivity contribution in [2.45, 2.75) is 0 Å². The lowest BCUT2D eigenvalue weighted by atomic mass is 9.96. The third kappa shape index (κ3) is 6.88. The second-order valence-corrected chi connectivity index (χ2v) is 18.3. The Kier molecular flexibility index (Phi) is 9.40. The van der Waals surface area contributed by atoms with Crippen molar-refractivity contribution in [3.05, 3.63) is 249 Å². The molecule has 0 aliphatic rings. The highest BCUT2D eigenvalue weighted by Gasteiger charge is 2.23. The summed E-state index contributed by atoms with van der Waals surface area (Å²) in [6, 6.07) is 90.0. The van der Waals surface area contributed by atoms with Crippen LogP contribution in [0.2, 0.25) is 0 Å². The van der Waals surface area contributed by atoms with Gasteiger partial charge in [-0.1, -0.05) is 194 Å². The molecule has 0 amide bonds. The van der Waals surface area contributed by atoms with Gasteiger partial charge in [0.25, 0.3) is 0 Å². The maximum atomic E-state index is 6.77. The second-order valence-electron chi connectivity index (χ2n) is 17.2. The van der Waals surface area contributed by atoms with Crippen molar-refractivity contribution in [2.24, 2.45) is 0 Å². The molecule has 2 nitrogen and oxygen atoms in total. The molecule has 0 aliphatic carbocycles. The fourth-order valence-corrected chi connectivity index (χ4v) is 11.3. The van der Waals surface area contributed by atoms with Gasteiger partial charge in [-0.3, -0.25) is 0 Å². The molecular formula is C64H41NOS. The highest BCUT2D eigenvalue weighted by molar-refractivity contribution is 7.26. The third-order valence-electron chi connectivity index (χ3n) is 13.3. The Labute approximate surface area is 392 Å². The zero-order chi connectivity index (χ0) is 44.3. The predicted molar refractivity (Wildman–Crippen MR) is 286 cm³/mol. The van der Waals surface area contributed by atoms with Gasteiger partial charge in [0.15, 0.2) is 0 Å². The summed E-state index contributed by atoms with van der Waals surface area (Å²) in [5, 5.41) is 7.18. The standard InChI is InChI=1S/C64H41NOS/c1-4-13-42(14-5-1)49-29-34-56-57-36-33-52(41-61(57)66-60(56)39-49)65(51-31-27-45(28-32-51)44-23-25-48(26-24-44)54-22-12-20-46-19-10-11-21-53(46)54)59-38-37-55(47-17-8-3-9-18-47)64-63(59)58-35-30-50(40-62(58)67-64)43-15-6-2-7-16-43/h1-41H. The maximum absolute atomic E-state index is 6.77. The molecular weight excluding hydrogens is 831 g/mol.